The minimum absolute atomic E-state index is 0. The van der Waals surface area contributed by atoms with Crippen LogP contribution in [0.3, 0.4) is 0 Å². The van der Waals surface area contributed by atoms with Crippen LogP contribution in [-0.2, 0) is 6.18 Å². The maximum absolute atomic E-state index is 12.6. The molecule has 1 nitrogen and oxygen atoms in total. The summed E-state index contributed by atoms with van der Waals surface area (Å²) in [7, 11) is 0. The lowest BCUT2D eigenvalue weighted by atomic mass is 9.99. The second kappa shape index (κ2) is 6.59. The molecule has 2 N–H and O–H groups in total. The van der Waals surface area contributed by atoms with Gasteiger partial charge >= 0.3 is 6.18 Å². The van der Waals surface area contributed by atoms with E-state index in [-0.39, 0.29) is 12.4 Å². The lowest BCUT2D eigenvalue weighted by Crippen LogP contribution is -2.13. The predicted molar refractivity (Wildman–Crippen MR) is 72.8 cm³/mol. The van der Waals surface area contributed by atoms with Gasteiger partial charge in [-0.15, -0.1) is 19.0 Å². The van der Waals surface area contributed by atoms with Gasteiger partial charge in [0.2, 0.25) is 0 Å². The van der Waals surface area contributed by atoms with Gasteiger partial charge in [-0.1, -0.05) is 21.5 Å². The van der Waals surface area contributed by atoms with Crippen LogP contribution < -0.4 is 5.73 Å². The van der Waals surface area contributed by atoms with Gasteiger partial charge in [-0.3, -0.25) is 0 Å². The van der Waals surface area contributed by atoms with E-state index in [1.54, 1.807) is 13.0 Å². The lowest BCUT2D eigenvalue weighted by molar-refractivity contribution is -0.137. The SMILES string of the molecule is C=C(C)C[C@@H](N)c1cc(Br)cc(C(F)(F)F)c1.Cl. The van der Waals surface area contributed by atoms with E-state index >= 15 is 0 Å². The minimum atomic E-state index is -4.36. The van der Waals surface area contributed by atoms with Crippen molar-refractivity contribution in [3.8, 4) is 0 Å². The predicted octanol–water partition coefficient (Wildman–Crippen LogP) is 4.86. The molecular weight excluding hydrogens is 330 g/mol. The lowest BCUT2D eigenvalue weighted by Gasteiger charge is -2.15. The second-order valence-electron chi connectivity index (χ2n) is 4.04. The molecule has 102 valence electrons. The van der Waals surface area contributed by atoms with Gasteiger partial charge in [0.1, 0.15) is 0 Å². The molecule has 0 aromatic heterocycles. The summed E-state index contributed by atoms with van der Waals surface area (Å²) in [4.78, 5) is 0. The molecule has 0 radical (unpaired) electrons. The summed E-state index contributed by atoms with van der Waals surface area (Å²) in [5.74, 6) is 0. The van der Waals surface area contributed by atoms with Crippen molar-refractivity contribution in [3.05, 3.63) is 46.0 Å². The van der Waals surface area contributed by atoms with Gasteiger partial charge in [0.05, 0.1) is 5.56 Å². The van der Waals surface area contributed by atoms with E-state index in [4.69, 9.17) is 5.73 Å². The van der Waals surface area contributed by atoms with E-state index < -0.39 is 17.8 Å². The maximum Gasteiger partial charge on any atom is 0.416 e. The van der Waals surface area contributed by atoms with Gasteiger partial charge in [0, 0.05) is 10.5 Å². The van der Waals surface area contributed by atoms with Gasteiger partial charge in [-0.25, -0.2) is 0 Å². The summed E-state index contributed by atoms with van der Waals surface area (Å²) in [6, 6.07) is 3.25. The van der Waals surface area contributed by atoms with Gasteiger partial charge < -0.3 is 5.73 Å². The van der Waals surface area contributed by atoms with E-state index in [1.807, 2.05) is 0 Å². The Morgan fingerprint density at radius 3 is 2.39 bits per heavy atom. The van der Waals surface area contributed by atoms with Gasteiger partial charge in [-0.05, 0) is 37.1 Å². The molecule has 0 fully saturated rings. The van der Waals surface area contributed by atoms with Crippen molar-refractivity contribution in [1.82, 2.24) is 0 Å². The summed E-state index contributed by atoms with van der Waals surface area (Å²) in [6.07, 6.45) is -3.89. The molecule has 0 bridgehead atoms. The number of benzene rings is 1. The standard InChI is InChI=1S/C12H13BrF3N.ClH/c1-7(2)3-11(17)8-4-9(12(14,15)16)6-10(13)5-8;/h4-6,11H,1,3,17H2,2H3;1H/t11-;/m1./s1. The van der Waals surface area contributed by atoms with Crippen LogP contribution in [0.4, 0.5) is 13.2 Å². The number of halogens is 5. The fraction of sp³-hybridized carbons (Fsp3) is 0.333. The Morgan fingerprint density at radius 2 is 1.94 bits per heavy atom. The first-order valence-corrected chi connectivity index (χ1v) is 5.77. The molecule has 1 rings (SSSR count). The minimum Gasteiger partial charge on any atom is -0.324 e. The van der Waals surface area contributed by atoms with Gasteiger partial charge in [-0.2, -0.15) is 13.2 Å². The highest BCUT2D eigenvalue weighted by molar-refractivity contribution is 9.10. The second-order valence-corrected chi connectivity index (χ2v) is 4.95. The van der Waals surface area contributed by atoms with Crippen LogP contribution in [0, 0.1) is 0 Å². The van der Waals surface area contributed by atoms with Crippen LogP contribution in [0.5, 0.6) is 0 Å². The Hall–Kier alpha value is -0.520. The summed E-state index contributed by atoms with van der Waals surface area (Å²) in [5.41, 5.74) is 6.42. The maximum atomic E-state index is 12.6. The number of hydrogen-bond donors (Lipinski definition) is 1. The average molecular weight is 345 g/mol. The highest BCUT2D eigenvalue weighted by atomic mass is 79.9. The average Bonchev–Trinajstić information content (AvgIpc) is 2.14. The molecule has 0 aliphatic heterocycles. The van der Waals surface area contributed by atoms with Crippen LogP contribution in [-0.4, -0.2) is 0 Å². The van der Waals surface area contributed by atoms with E-state index in [2.05, 4.69) is 22.5 Å². The molecule has 1 aromatic rings. The van der Waals surface area contributed by atoms with Crippen molar-refractivity contribution >= 4 is 28.3 Å². The molecule has 6 heteroatoms. The molecule has 0 amide bonds. The number of hydrogen-bond acceptors (Lipinski definition) is 1. The molecule has 0 unspecified atom stereocenters. The Morgan fingerprint density at radius 1 is 1.39 bits per heavy atom. The Kier molecular flexibility index (Phi) is 6.40. The molecule has 0 heterocycles. The number of nitrogens with two attached hydrogens (primary N) is 1. The number of alkyl halides is 3. The Bertz CT molecular complexity index is 432. The molecule has 0 saturated heterocycles. The Labute approximate surface area is 119 Å². The van der Waals surface area contributed by atoms with E-state index in [1.165, 1.54) is 0 Å². The summed E-state index contributed by atoms with van der Waals surface area (Å²) < 4.78 is 38.2. The molecule has 0 aliphatic carbocycles. The molecule has 1 atom stereocenters. The smallest absolute Gasteiger partial charge is 0.324 e. The zero-order valence-electron chi connectivity index (χ0n) is 9.72. The van der Waals surface area contributed by atoms with Crippen molar-refractivity contribution < 1.29 is 13.2 Å². The van der Waals surface area contributed by atoms with Crippen LogP contribution in [0.25, 0.3) is 0 Å². The van der Waals surface area contributed by atoms with Crippen LogP contribution in [0.15, 0.2) is 34.8 Å². The topological polar surface area (TPSA) is 26.0 Å². The molecular formula is C12H14BrClF3N. The summed E-state index contributed by atoms with van der Waals surface area (Å²) in [6.45, 7) is 5.49. The number of rotatable bonds is 3. The van der Waals surface area contributed by atoms with Crippen molar-refractivity contribution in [2.75, 3.05) is 0 Å². The van der Waals surface area contributed by atoms with Crippen molar-refractivity contribution in [3.63, 3.8) is 0 Å². The molecule has 0 aliphatic rings. The first-order chi connectivity index (χ1) is 7.70. The third-order valence-corrected chi connectivity index (χ3v) is 2.70. The summed E-state index contributed by atoms with van der Waals surface area (Å²) in [5, 5.41) is 0. The van der Waals surface area contributed by atoms with E-state index in [0.29, 0.717) is 16.5 Å². The third kappa shape index (κ3) is 5.00. The monoisotopic (exact) mass is 343 g/mol. The van der Waals surface area contributed by atoms with Gasteiger partial charge in [0.25, 0.3) is 0 Å². The summed E-state index contributed by atoms with van der Waals surface area (Å²) >= 11 is 3.06. The fourth-order valence-corrected chi connectivity index (χ4v) is 1.99. The van der Waals surface area contributed by atoms with Crippen molar-refractivity contribution in [2.45, 2.75) is 25.6 Å². The molecule has 0 spiro atoms. The zero-order chi connectivity index (χ0) is 13.2. The van der Waals surface area contributed by atoms with Gasteiger partial charge in [0.15, 0.2) is 0 Å². The molecule has 0 saturated carbocycles. The molecule has 1 aromatic carbocycles. The van der Waals surface area contributed by atoms with Crippen molar-refractivity contribution in [2.24, 2.45) is 5.73 Å². The first kappa shape index (κ1) is 17.5. The van der Waals surface area contributed by atoms with E-state index in [0.717, 1.165) is 17.7 Å². The van der Waals surface area contributed by atoms with E-state index in [9.17, 15) is 13.2 Å². The zero-order valence-corrected chi connectivity index (χ0v) is 12.1. The normalized spacial score (nSPS) is 12.8. The van der Waals surface area contributed by atoms with Crippen molar-refractivity contribution in [1.29, 1.82) is 0 Å². The Balaban J connectivity index is 0.00000289. The first-order valence-electron chi connectivity index (χ1n) is 4.98. The fourth-order valence-electron chi connectivity index (χ4n) is 1.48. The largest absolute Gasteiger partial charge is 0.416 e. The van der Waals surface area contributed by atoms with Crippen LogP contribution in [0.2, 0.25) is 0 Å². The molecule has 18 heavy (non-hydrogen) atoms. The quantitative estimate of drug-likeness (QED) is 0.779. The highest BCUT2D eigenvalue weighted by Gasteiger charge is 2.31. The third-order valence-electron chi connectivity index (χ3n) is 2.24. The van der Waals surface area contributed by atoms with Crippen LogP contribution >= 0.6 is 28.3 Å². The highest BCUT2D eigenvalue weighted by Crippen LogP contribution is 2.33. The van der Waals surface area contributed by atoms with Crippen LogP contribution in [0.1, 0.15) is 30.5 Å².